The summed E-state index contributed by atoms with van der Waals surface area (Å²) in [6, 6.07) is 9.30. The van der Waals surface area contributed by atoms with Crippen molar-refractivity contribution in [1.82, 2.24) is 4.98 Å². The van der Waals surface area contributed by atoms with Gasteiger partial charge in [-0.3, -0.25) is 4.98 Å². The molecule has 1 aromatic heterocycles. The molecular formula is C14H15NO2. The van der Waals surface area contributed by atoms with Crippen molar-refractivity contribution in [2.45, 2.75) is 13.0 Å². The smallest absolute Gasteiger partial charge is 0.121 e. The first-order valence-corrected chi connectivity index (χ1v) is 5.45. The minimum Gasteiger partial charge on any atom is -0.496 e. The molecule has 0 radical (unpaired) electrons. The van der Waals surface area contributed by atoms with Gasteiger partial charge in [0.25, 0.3) is 0 Å². The van der Waals surface area contributed by atoms with E-state index in [0.29, 0.717) is 0 Å². The Balaban J connectivity index is 2.32. The molecule has 2 aromatic rings. The summed E-state index contributed by atoms with van der Waals surface area (Å²) in [6.07, 6.45) is 2.73. The molecule has 17 heavy (non-hydrogen) atoms. The highest BCUT2D eigenvalue weighted by molar-refractivity contribution is 5.39. The van der Waals surface area contributed by atoms with Crippen LogP contribution in [0.15, 0.2) is 42.7 Å². The van der Waals surface area contributed by atoms with E-state index in [1.54, 1.807) is 19.5 Å². The normalized spacial score (nSPS) is 12.2. The third kappa shape index (κ3) is 2.45. The van der Waals surface area contributed by atoms with Crippen LogP contribution in [0.25, 0.3) is 0 Å². The largest absolute Gasteiger partial charge is 0.496 e. The predicted molar refractivity (Wildman–Crippen MR) is 66.0 cm³/mol. The van der Waals surface area contributed by atoms with Crippen LogP contribution in [0.1, 0.15) is 22.8 Å². The maximum atomic E-state index is 10.2. The first-order chi connectivity index (χ1) is 8.22. The molecule has 1 aromatic carbocycles. The number of aromatic nitrogens is 1. The summed E-state index contributed by atoms with van der Waals surface area (Å²) in [6.45, 7) is 1.96. The Hall–Kier alpha value is -1.87. The molecule has 3 heteroatoms. The maximum Gasteiger partial charge on any atom is 0.121 e. The Morgan fingerprint density at radius 1 is 1.12 bits per heavy atom. The Bertz CT molecular complexity index is 497. The Morgan fingerprint density at radius 3 is 2.41 bits per heavy atom. The van der Waals surface area contributed by atoms with Gasteiger partial charge in [0.15, 0.2) is 0 Å². The first-order valence-electron chi connectivity index (χ1n) is 5.45. The SMILES string of the molecule is COc1ccc(C(O)c2ccncc2)cc1C. The van der Waals surface area contributed by atoms with Crippen LogP contribution in [0.2, 0.25) is 0 Å². The van der Waals surface area contributed by atoms with E-state index in [1.807, 2.05) is 37.3 Å². The van der Waals surface area contributed by atoms with Crippen molar-refractivity contribution in [1.29, 1.82) is 0 Å². The minimum atomic E-state index is -0.623. The van der Waals surface area contributed by atoms with Gasteiger partial charge < -0.3 is 9.84 Å². The molecule has 88 valence electrons. The highest BCUT2D eigenvalue weighted by Gasteiger charge is 2.11. The number of aliphatic hydroxyl groups is 1. The zero-order valence-corrected chi connectivity index (χ0v) is 9.92. The second-order valence-corrected chi connectivity index (χ2v) is 3.91. The van der Waals surface area contributed by atoms with Crippen LogP contribution in [-0.4, -0.2) is 17.2 Å². The lowest BCUT2D eigenvalue weighted by atomic mass is 10.0. The van der Waals surface area contributed by atoms with Gasteiger partial charge in [-0.1, -0.05) is 6.07 Å². The maximum absolute atomic E-state index is 10.2. The molecule has 0 spiro atoms. The van der Waals surface area contributed by atoms with Gasteiger partial charge in [0, 0.05) is 12.4 Å². The van der Waals surface area contributed by atoms with E-state index in [0.717, 1.165) is 22.4 Å². The fourth-order valence-electron chi connectivity index (χ4n) is 1.81. The highest BCUT2D eigenvalue weighted by atomic mass is 16.5. The summed E-state index contributed by atoms with van der Waals surface area (Å²) in [5.74, 6) is 0.829. The number of aliphatic hydroxyl groups excluding tert-OH is 1. The Labute approximate surface area is 101 Å². The number of pyridine rings is 1. The average Bonchev–Trinajstić information content (AvgIpc) is 2.39. The van der Waals surface area contributed by atoms with E-state index in [9.17, 15) is 5.11 Å². The van der Waals surface area contributed by atoms with E-state index in [4.69, 9.17) is 4.74 Å². The number of rotatable bonds is 3. The fraction of sp³-hybridized carbons (Fsp3) is 0.214. The van der Waals surface area contributed by atoms with Crippen molar-refractivity contribution in [3.05, 3.63) is 59.4 Å². The van der Waals surface area contributed by atoms with Crippen molar-refractivity contribution in [2.24, 2.45) is 0 Å². The van der Waals surface area contributed by atoms with Crippen LogP contribution in [0, 0.1) is 6.92 Å². The first kappa shape index (κ1) is 11.6. The molecule has 1 atom stereocenters. The number of nitrogens with zero attached hydrogens (tertiary/aromatic N) is 1. The molecule has 0 saturated heterocycles. The van der Waals surface area contributed by atoms with Gasteiger partial charge in [0.1, 0.15) is 11.9 Å². The zero-order chi connectivity index (χ0) is 12.3. The van der Waals surface area contributed by atoms with E-state index in [2.05, 4.69) is 4.98 Å². The molecule has 1 heterocycles. The average molecular weight is 229 g/mol. The molecule has 1 unspecified atom stereocenters. The zero-order valence-electron chi connectivity index (χ0n) is 9.92. The van der Waals surface area contributed by atoms with Crippen molar-refractivity contribution in [3.8, 4) is 5.75 Å². The molecule has 0 aliphatic heterocycles. The second-order valence-electron chi connectivity index (χ2n) is 3.91. The lowest BCUT2D eigenvalue weighted by Crippen LogP contribution is -2.00. The van der Waals surface area contributed by atoms with Crippen LogP contribution in [0.3, 0.4) is 0 Å². The lowest BCUT2D eigenvalue weighted by molar-refractivity contribution is 0.220. The molecule has 0 fully saturated rings. The summed E-state index contributed by atoms with van der Waals surface area (Å²) in [5.41, 5.74) is 2.71. The predicted octanol–water partition coefficient (Wildman–Crippen LogP) is 2.48. The van der Waals surface area contributed by atoms with Gasteiger partial charge in [-0.15, -0.1) is 0 Å². The monoisotopic (exact) mass is 229 g/mol. The summed E-state index contributed by atoms with van der Waals surface area (Å²) >= 11 is 0. The number of hydrogen-bond donors (Lipinski definition) is 1. The number of methoxy groups -OCH3 is 1. The summed E-state index contributed by atoms with van der Waals surface area (Å²) in [5, 5.41) is 10.2. The van der Waals surface area contributed by atoms with Crippen molar-refractivity contribution in [3.63, 3.8) is 0 Å². The lowest BCUT2D eigenvalue weighted by Gasteiger charge is -2.13. The number of benzene rings is 1. The summed E-state index contributed by atoms with van der Waals surface area (Å²) in [7, 11) is 1.64. The third-order valence-corrected chi connectivity index (χ3v) is 2.76. The van der Waals surface area contributed by atoms with Crippen molar-refractivity contribution >= 4 is 0 Å². The quantitative estimate of drug-likeness (QED) is 0.879. The fourth-order valence-corrected chi connectivity index (χ4v) is 1.81. The minimum absolute atomic E-state index is 0.623. The van der Waals surface area contributed by atoms with Crippen LogP contribution in [-0.2, 0) is 0 Å². The van der Waals surface area contributed by atoms with Crippen LogP contribution < -0.4 is 4.74 Å². The van der Waals surface area contributed by atoms with E-state index in [-0.39, 0.29) is 0 Å². The molecular weight excluding hydrogens is 214 g/mol. The van der Waals surface area contributed by atoms with Gasteiger partial charge in [-0.25, -0.2) is 0 Å². The van der Waals surface area contributed by atoms with Gasteiger partial charge >= 0.3 is 0 Å². The topological polar surface area (TPSA) is 42.4 Å². The summed E-state index contributed by atoms with van der Waals surface area (Å²) < 4.78 is 5.19. The Kier molecular flexibility index (Phi) is 3.40. The summed E-state index contributed by atoms with van der Waals surface area (Å²) in [4.78, 5) is 3.94. The molecule has 3 nitrogen and oxygen atoms in total. The number of ether oxygens (including phenoxy) is 1. The van der Waals surface area contributed by atoms with Crippen LogP contribution in [0.4, 0.5) is 0 Å². The standard InChI is InChI=1S/C14H15NO2/c1-10-9-12(3-4-13(10)17-2)14(16)11-5-7-15-8-6-11/h3-9,14,16H,1-2H3. The number of aryl methyl sites for hydroxylation is 1. The molecule has 0 saturated carbocycles. The van der Waals surface area contributed by atoms with Crippen molar-refractivity contribution in [2.75, 3.05) is 7.11 Å². The Morgan fingerprint density at radius 2 is 1.82 bits per heavy atom. The molecule has 1 N–H and O–H groups in total. The van der Waals surface area contributed by atoms with Crippen LogP contribution >= 0.6 is 0 Å². The molecule has 0 aliphatic rings. The van der Waals surface area contributed by atoms with Crippen molar-refractivity contribution < 1.29 is 9.84 Å². The van der Waals surface area contributed by atoms with Gasteiger partial charge in [-0.05, 0) is 47.9 Å². The number of hydrogen-bond acceptors (Lipinski definition) is 3. The molecule has 0 aliphatic carbocycles. The molecule has 0 bridgehead atoms. The third-order valence-electron chi connectivity index (χ3n) is 2.76. The van der Waals surface area contributed by atoms with E-state index in [1.165, 1.54) is 0 Å². The molecule has 0 amide bonds. The molecule has 2 rings (SSSR count). The van der Waals surface area contributed by atoms with Gasteiger partial charge in [-0.2, -0.15) is 0 Å². The van der Waals surface area contributed by atoms with E-state index >= 15 is 0 Å². The van der Waals surface area contributed by atoms with Gasteiger partial charge in [0.2, 0.25) is 0 Å². The van der Waals surface area contributed by atoms with Gasteiger partial charge in [0.05, 0.1) is 7.11 Å². The second kappa shape index (κ2) is 4.97. The van der Waals surface area contributed by atoms with Crippen LogP contribution in [0.5, 0.6) is 5.75 Å². The van der Waals surface area contributed by atoms with E-state index < -0.39 is 6.10 Å². The highest BCUT2D eigenvalue weighted by Crippen LogP contribution is 2.26.